The van der Waals surface area contributed by atoms with Gasteiger partial charge in [0.1, 0.15) is 0 Å². The fourth-order valence-electron chi connectivity index (χ4n) is 3.75. The molecule has 2 heterocycles. The first-order valence-electron chi connectivity index (χ1n) is 9.08. The maximum atomic E-state index is 12.4. The van der Waals surface area contributed by atoms with E-state index >= 15 is 0 Å². The lowest BCUT2D eigenvalue weighted by Gasteiger charge is -2.32. The Morgan fingerprint density at radius 3 is 2.83 bits per heavy atom. The Morgan fingerprint density at radius 1 is 1.42 bits per heavy atom. The van der Waals surface area contributed by atoms with E-state index in [1.165, 1.54) is 19.3 Å². The van der Waals surface area contributed by atoms with Gasteiger partial charge in [0.25, 0.3) is 0 Å². The second kappa shape index (κ2) is 7.13. The molecule has 1 saturated heterocycles. The topological polar surface area (TPSA) is 67.6 Å². The molecule has 1 spiro atoms. The quantitative estimate of drug-likeness (QED) is 0.915. The lowest BCUT2D eigenvalue weighted by atomic mass is 9.82. The fourth-order valence-corrected chi connectivity index (χ4v) is 3.75. The summed E-state index contributed by atoms with van der Waals surface area (Å²) in [7, 11) is 1.78. The van der Waals surface area contributed by atoms with Gasteiger partial charge in [-0.15, -0.1) is 0 Å². The van der Waals surface area contributed by atoms with Crippen LogP contribution in [0.15, 0.2) is 10.6 Å². The molecule has 6 heteroatoms. The molecule has 2 fully saturated rings. The molecule has 1 aromatic heterocycles. The molecule has 1 aliphatic heterocycles. The van der Waals surface area contributed by atoms with Crippen molar-refractivity contribution in [2.45, 2.75) is 76.5 Å². The predicted octanol–water partition coefficient (Wildman–Crippen LogP) is 3.43. The van der Waals surface area contributed by atoms with Crippen LogP contribution in [0.5, 0.6) is 0 Å². The molecule has 1 N–H and O–H groups in total. The van der Waals surface area contributed by atoms with Crippen molar-refractivity contribution in [2.24, 2.45) is 0 Å². The number of hydrogen-bond donors (Lipinski definition) is 1. The lowest BCUT2D eigenvalue weighted by Crippen LogP contribution is -2.43. The summed E-state index contributed by atoms with van der Waals surface area (Å²) in [5.41, 5.74) is 0.938. The first-order chi connectivity index (χ1) is 11.5. The van der Waals surface area contributed by atoms with Crippen LogP contribution in [0.2, 0.25) is 0 Å². The number of ether oxygens (including phenoxy) is 1. The van der Waals surface area contributed by atoms with Crippen LogP contribution in [-0.4, -0.2) is 41.4 Å². The molecular weight excluding hydrogens is 306 g/mol. The predicted molar refractivity (Wildman–Crippen MR) is 90.8 cm³/mol. The molecule has 0 bridgehead atoms. The average molecular weight is 335 g/mol. The third-order valence-electron chi connectivity index (χ3n) is 5.21. The highest BCUT2D eigenvalue weighted by Crippen LogP contribution is 2.39. The molecule has 1 atom stereocenters. The van der Waals surface area contributed by atoms with Gasteiger partial charge in [-0.05, 0) is 25.2 Å². The minimum atomic E-state index is -0.0843. The zero-order valence-corrected chi connectivity index (χ0v) is 15.0. The van der Waals surface area contributed by atoms with Gasteiger partial charge < -0.3 is 19.5 Å². The number of nitrogens with one attached hydrogen (secondary N) is 1. The van der Waals surface area contributed by atoms with E-state index in [2.05, 4.69) is 24.3 Å². The molecule has 24 heavy (non-hydrogen) atoms. The maximum absolute atomic E-state index is 12.4. The van der Waals surface area contributed by atoms with Crippen LogP contribution in [0, 0.1) is 0 Å². The molecule has 6 nitrogen and oxygen atoms in total. The van der Waals surface area contributed by atoms with Gasteiger partial charge in [-0.25, -0.2) is 4.79 Å². The molecule has 1 saturated carbocycles. The van der Waals surface area contributed by atoms with E-state index in [9.17, 15) is 4.79 Å². The molecule has 1 aliphatic carbocycles. The second-order valence-corrected chi connectivity index (χ2v) is 7.63. The van der Waals surface area contributed by atoms with Gasteiger partial charge in [-0.1, -0.05) is 38.3 Å². The minimum absolute atomic E-state index is 0.0197. The summed E-state index contributed by atoms with van der Waals surface area (Å²) < 4.78 is 11.4. The highest BCUT2D eigenvalue weighted by Gasteiger charge is 2.41. The molecule has 2 aliphatic rings. The number of carbonyl (C=O) groups is 1. The van der Waals surface area contributed by atoms with Crippen molar-refractivity contribution in [3.05, 3.63) is 17.5 Å². The van der Waals surface area contributed by atoms with E-state index in [1.807, 2.05) is 6.07 Å². The normalized spacial score (nSPS) is 22.9. The summed E-state index contributed by atoms with van der Waals surface area (Å²) in [5.74, 6) is 1.03. The zero-order valence-electron chi connectivity index (χ0n) is 15.0. The maximum Gasteiger partial charge on any atom is 0.317 e. The van der Waals surface area contributed by atoms with Gasteiger partial charge >= 0.3 is 6.03 Å². The van der Waals surface area contributed by atoms with Crippen LogP contribution < -0.4 is 5.32 Å². The molecule has 134 valence electrons. The zero-order chi connectivity index (χ0) is 17.2. The molecule has 3 rings (SSSR count). The number of nitrogens with zero attached hydrogens (tertiary/aromatic N) is 2. The molecular formula is C18H29N3O3. The van der Waals surface area contributed by atoms with Crippen LogP contribution in [0.25, 0.3) is 0 Å². The Bertz CT molecular complexity index is 564. The third-order valence-corrected chi connectivity index (χ3v) is 5.21. The number of amides is 2. The minimum Gasteiger partial charge on any atom is -0.373 e. The first kappa shape index (κ1) is 17.3. The lowest BCUT2D eigenvalue weighted by molar-refractivity contribution is -0.0246. The van der Waals surface area contributed by atoms with Crippen molar-refractivity contribution < 1.29 is 14.1 Å². The Hall–Kier alpha value is -1.56. The summed E-state index contributed by atoms with van der Waals surface area (Å²) >= 11 is 0. The van der Waals surface area contributed by atoms with Gasteiger partial charge in [0.2, 0.25) is 0 Å². The van der Waals surface area contributed by atoms with Crippen LogP contribution in [-0.2, 0) is 11.3 Å². The summed E-state index contributed by atoms with van der Waals surface area (Å²) in [5, 5.41) is 7.13. The number of carbonyl (C=O) groups excluding carboxylic acids is 1. The molecule has 0 radical (unpaired) electrons. The first-order valence-corrected chi connectivity index (χ1v) is 9.08. The Labute approximate surface area is 143 Å². The summed E-state index contributed by atoms with van der Waals surface area (Å²) in [6.45, 7) is 5.18. The van der Waals surface area contributed by atoms with Crippen molar-refractivity contribution in [2.75, 3.05) is 13.7 Å². The summed E-state index contributed by atoms with van der Waals surface area (Å²) in [4.78, 5) is 14.0. The van der Waals surface area contributed by atoms with Crippen molar-refractivity contribution in [1.29, 1.82) is 0 Å². The third kappa shape index (κ3) is 3.91. The van der Waals surface area contributed by atoms with Gasteiger partial charge in [-0.3, -0.25) is 0 Å². The molecule has 1 aromatic rings. The van der Waals surface area contributed by atoms with E-state index in [0.717, 1.165) is 25.0 Å². The van der Waals surface area contributed by atoms with E-state index in [-0.39, 0.29) is 17.7 Å². The van der Waals surface area contributed by atoms with Crippen LogP contribution in [0.4, 0.5) is 4.79 Å². The van der Waals surface area contributed by atoms with Gasteiger partial charge in [0.05, 0.1) is 30.5 Å². The van der Waals surface area contributed by atoms with E-state index in [1.54, 1.807) is 11.9 Å². The largest absolute Gasteiger partial charge is 0.373 e. The van der Waals surface area contributed by atoms with E-state index in [0.29, 0.717) is 24.8 Å². The monoisotopic (exact) mass is 335 g/mol. The summed E-state index contributed by atoms with van der Waals surface area (Å²) in [6.07, 6.45) is 6.98. The summed E-state index contributed by atoms with van der Waals surface area (Å²) in [6, 6.07) is 1.95. The number of hydrogen-bond acceptors (Lipinski definition) is 4. The van der Waals surface area contributed by atoms with Crippen molar-refractivity contribution >= 4 is 6.03 Å². The Kier molecular flexibility index (Phi) is 5.13. The Balaban J connectivity index is 1.49. The number of rotatable bonds is 4. The molecule has 0 aromatic carbocycles. The van der Waals surface area contributed by atoms with Crippen LogP contribution >= 0.6 is 0 Å². The second-order valence-electron chi connectivity index (χ2n) is 7.63. The average Bonchev–Trinajstić information content (AvgIpc) is 3.16. The van der Waals surface area contributed by atoms with Gasteiger partial charge in [0.15, 0.2) is 5.76 Å². The van der Waals surface area contributed by atoms with E-state index < -0.39 is 0 Å². The van der Waals surface area contributed by atoms with E-state index in [4.69, 9.17) is 9.26 Å². The SMILES string of the molecule is CC(C)c1cc(CN(C)C(=O)N[C@H]2COC3(CCCCC3)C2)on1. The number of aromatic nitrogens is 1. The van der Waals surface area contributed by atoms with Gasteiger partial charge in [0, 0.05) is 13.1 Å². The van der Waals surface area contributed by atoms with Crippen LogP contribution in [0.1, 0.15) is 69.7 Å². The Morgan fingerprint density at radius 2 is 2.17 bits per heavy atom. The highest BCUT2D eigenvalue weighted by molar-refractivity contribution is 5.74. The van der Waals surface area contributed by atoms with Crippen molar-refractivity contribution in [3.63, 3.8) is 0 Å². The van der Waals surface area contributed by atoms with Crippen molar-refractivity contribution in [1.82, 2.24) is 15.4 Å². The molecule has 2 amide bonds. The van der Waals surface area contributed by atoms with Crippen molar-refractivity contribution in [3.8, 4) is 0 Å². The number of urea groups is 1. The van der Waals surface area contributed by atoms with Gasteiger partial charge in [-0.2, -0.15) is 0 Å². The molecule has 0 unspecified atom stereocenters. The van der Waals surface area contributed by atoms with Crippen LogP contribution in [0.3, 0.4) is 0 Å². The highest BCUT2D eigenvalue weighted by atomic mass is 16.5. The standard InChI is InChI=1S/C18H29N3O3/c1-13(2)16-9-15(24-20-16)11-21(3)17(22)19-14-10-18(23-12-14)7-5-4-6-8-18/h9,13-14H,4-8,10-12H2,1-3H3,(H,19,22)/t14-/m1/s1. The smallest absolute Gasteiger partial charge is 0.317 e. The fraction of sp³-hybridized carbons (Fsp3) is 0.778.